The van der Waals surface area contributed by atoms with E-state index >= 15 is 0 Å². The van der Waals surface area contributed by atoms with Gasteiger partial charge in [-0.15, -0.1) is 0 Å². The highest BCUT2D eigenvalue weighted by atomic mass is 32.2. The Morgan fingerprint density at radius 1 is 1.09 bits per heavy atom. The van der Waals surface area contributed by atoms with Gasteiger partial charge in [0.1, 0.15) is 0 Å². The van der Waals surface area contributed by atoms with Gasteiger partial charge in [-0.25, -0.2) is 13.4 Å². The molecule has 1 heterocycles. The van der Waals surface area contributed by atoms with Gasteiger partial charge in [-0.2, -0.15) is 0 Å². The quantitative estimate of drug-likeness (QED) is 0.882. The highest BCUT2D eigenvalue weighted by Gasteiger charge is 2.09. The van der Waals surface area contributed by atoms with Crippen LogP contribution in [0.25, 0.3) is 0 Å². The number of aromatic nitrogens is 1. The van der Waals surface area contributed by atoms with E-state index < -0.39 is 9.84 Å². The summed E-state index contributed by atoms with van der Waals surface area (Å²) in [5, 5.41) is 2.71. The minimum absolute atomic E-state index is 0.00786. The van der Waals surface area contributed by atoms with Crippen LogP contribution in [-0.4, -0.2) is 25.6 Å². The minimum atomic E-state index is -3.32. The van der Waals surface area contributed by atoms with Crippen LogP contribution in [0.5, 0.6) is 0 Å². The Hall–Kier alpha value is -2.21. The lowest BCUT2D eigenvalue weighted by atomic mass is 10.1. The highest BCUT2D eigenvalue weighted by Crippen LogP contribution is 2.12. The van der Waals surface area contributed by atoms with Gasteiger partial charge >= 0.3 is 0 Å². The van der Waals surface area contributed by atoms with E-state index in [1.807, 2.05) is 12.1 Å². The van der Waals surface area contributed by atoms with Gasteiger partial charge in [0.2, 0.25) is 5.91 Å². The van der Waals surface area contributed by atoms with Crippen molar-refractivity contribution in [2.24, 2.45) is 0 Å². The highest BCUT2D eigenvalue weighted by molar-refractivity contribution is 7.90. The molecule has 1 aromatic carbocycles. The van der Waals surface area contributed by atoms with Crippen molar-refractivity contribution in [1.29, 1.82) is 0 Å². The summed E-state index contributed by atoms with van der Waals surface area (Å²) in [7, 11) is -3.32. The molecule has 23 heavy (non-hydrogen) atoms. The molecule has 0 bridgehead atoms. The van der Waals surface area contributed by atoms with Gasteiger partial charge in [-0.05, 0) is 36.1 Å². The molecule has 0 fully saturated rings. The first kappa shape index (κ1) is 17.1. The molecule has 0 spiro atoms. The van der Waals surface area contributed by atoms with Crippen molar-refractivity contribution in [2.45, 2.75) is 31.2 Å². The molecule has 1 N–H and O–H groups in total. The smallest absolute Gasteiger partial charge is 0.224 e. The average molecular weight is 332 g/mol. The molecule has 1 amide bonds. The second-order valence-electron chi connectivity index (χ2n) is 5.38. The number of pyridine rings is 1. The summed E-state index contributed by atoms with van der Waals surface area (Å²) in [6, 6.07) is 11.1. The Kier molecular flexibility index (Phi) is 5.50. The lowest BCUT2D eigenvalue weighted by Crippen LogP contribution is -2.13. The molecule has 0 atom stereocenters. The summed E-state index contributed by atoms with van der Waals surface area (Å²) in [6.45, 7) is 2.10. The fourth-order valence-corrected chi connectivity index (χ4v) is 2.66. The van der Waals surface area contributed by atoms with Crippen molar-refractivity contribution in [3.63, 3.8) is 0 Å². The van der Waals surface area contributed by atoms with Crippen molar-refractivity contribution in [2.75, 3.05) is 11.6 Å². The molecular formula is C17H20N2O3S. The van der Waals surface area contributed by atoms with Crippen LogP contribution in [0.1, 0.15) is 24.5 Å². The maximum absolute atomic E-state index is 11.9. The second-order valence-corrected chi connectivity index (χ2v) is 7.34. The first-order valence-electron chi connectivity index (χ1n) is 7.42. The standard InChI is InChI=1S/C17H20N2O3S/c1-3-13-4-6-14(7-5-13)8-10-16(20)19-15-9-11-17(18-12-15)23(2,21)22/h4-7,9,11-12H,3,8,10H2,1-2H3,(H,19,20). The summed E-state index contributed by atoms with van der Waals surface area (Å²) in [5.74, 6) is -0.126. The number of aryl methyl sites for hydroxylation is 2. The topological polar surface area (TPSA) is 76.1 Å². The lowest BCUT2D eigenvalue weighted by Gasteiger charge is -2.06. The third-order valence-corrected chi connectivity index (χ3v) is 4.47. The molecule has 1 aromatic heterocycles. The summed E-state index contributed by atoms with van der Waals surface area (Å²) in [5.41, 5.74) is 2.88. The Balaban J connectivity index is 1.89. The zero-order valence-corrected chi connectivity index (χ0v) is 14.1. The summed E-state index contributed by atoms with van der Waals surface area (Å²) in [6.07, 6.45) is 4.46. The third-order valence-electron chi connectivity index (χ3n) is 3.47. The maximum Gasteiger partial charge on any atom is 0.224 e. The van der Waals surface area contributed by atoms with Crippen LogP contribution in [0.15, 0.2) is 47.6 Å². The van der Waals surface area contributed by atoms with Crippen molar-refractivity contribution in [1.82, 2.24) is 4.98 Å². The van der Waals surface area contributed by atoms with E-state index in [1.54, 1.807) is 0 Å². The summed E-state index contributed by atoms with van der Waals surface area (Å²) < 4.78 is 22.6. The van der Waals surface area contributed by atoms with Gasteiger partial charge in [0.05, 0.1) is 11.9 Å². The predicted octanol–water partition coefficient (Wildman–Crippen LogP) is 2.62. The van der Waals surface area contributed by atoms with Crippen LogP contribution in [0, 0.1) is 0 Å². The second kappa shape index (κ2) is 7.37. The number of nitrogens with one attached hydrogen (secondary N) is 1. The fraction of sp³-hybridized carbons (Fsp3) is 0.294. The minimum Gasteiger partial charge on any atom is -0.325 e. The van der Waals surface area contributed by atoms with E-state index in [2.05, 4.69) is 29.4 Å². The Morgan fingerprint density at radius 3 is 2.26 bits per heavy atom. The Bertz CT molecular complexity index is 766. The van der Waals surface area contributed by atoms with E-state index in [9.17, 15) is 13.2 Å². The number of anilines is 1. The zero-order valence-electron chi connectivity index (χ0n) is 13.2. The van der Waals surface area contributed by atoms with Crippen molar-refractivity contribution >= 4 is 21.4 Å². The van der Waals surface area contributed by atoms with Gasteiger partial charge in [-0.3, -0.25) is 4.79 Å². The van der Waals surface area contributed by atoms with E-state index in [4.69, 9.17) is 0 Å². The molecule has 2 aromatic rings. The number of amides is 1. The fourth-order valence-electron chi connectivity index (χ4n) is 2.10. The van der Waals surface area contributed by atoms with Gasteiger partial charge < -0.3 is 5.32 Å². The number of benzene rings is 1. The largest absolute Gasteiger partial charge is 0.325 e. The molecule has 0 aliphatic heterocycles. The molecule has 0 unspecified atom stereocenters. The molecule has 0 saturated heterocycles. The third kappa shape index (κ3) is 5.17. The Labute approximate surface area is 136 Å². The van der Waals surface area contributed by atoms with Crippen LogP contribution in [0.3, 0.4) is 0 Å². The van der Waals surface area contributed by atoms with Crippen molar-refractivity contribution in [3.8, 4) is 0 Å². The van der Waals surface area contributed by atoms with Crippen LogP contribution >= 0.6 is 0 Å². The summed E-state index contributed by atoms with van der Waals surface area (Å²) >= 11 is 0. The van der Waals surface area contributed by atoms with Crippen molar-refractivity contribution < 1.29 is 13.2 Å². The van der Waals surface area contributed by atoms with E-state index in [-0.39, 0.29) is 10.9 Å². The van der Waals surface area contributed by atoms with Gasteiger partial charge in [0.15, 0.2) is 14.9 Å². The number of sulfone groups is 1. The average Bonchev–Trinajstić information content (AvgIpc) is 2.53. The van der Waals surface area contributed by atoms with E-state index in [1.165, 1.54) is 23.9 Å². The van der Waals surface area contributed by atoms with E-state index in [0.29, 0.717) is 18.5 Å². The number of rotatable bonds is 6. The Morgan fingerprint density at radius 2 is 1.74 bits per heavy atom. The number of nitrogens with zero attached hydrogens (tertiary/aromatic N) is 1. The molecule has 0 aliphatic rings. The number of hydrogen-bond donors (Lipinski definition) is 1. The normalized spacial score (nSPS) is 11.2. The van der Waals surface area contributed by atoms with Crippen LogP contribution < -0.4 is 5.32 Å². The molecule has 5 nitrogen and oxygen atoms in total. The van der Waals surface area contributed by atoms with Gasteiger partial charge in [0, 0.05) is 12.7 Å². The zero-order chi connectivity index (χ0) is 16.9. The predicted molar refractivity (Wildman–Crippen MR) is 90.1 cm³/mol. The molecule has 6 heteroatoms. The first-order chi connectivity index (χ1) is 10.9. The lowest BCUT2D eigenvalue weighted by molar-refractivity contribution is -0.116. The SMILES string of the molecule is CCc1ccc(CCC(=O)Nc2ccc(S(C)(=O)=O)nc2)cc1. The van der Waals surface area contributed by atoms with Crippen LogP contribution in [-0.2, 0) is 27.5 Å². The van der Waals surface area contributed by atoms with Crippen LogP contribution in [0.4, 0.5) is 5.69 Å². The van der Waals surface area contributed by atoms with Gasteiger partial charge in [0.25, 0.3) is 0 Å². The maximum atomic E-state index is 11.9. The van der Waals surface area contributed by atoms with Gasteiger partial charge in [-0.1, -0.05) is 31.2 Å². The number of carbonyl (C=O) groups excluding carboxylic acids is 1. The monoisotopic (exact) mass is 332 g/mol. The molecule has 122 valence electrons. The summed E-state index contributed by atoms with van der Waals surface area (Å²) in [4.78, 5) is 15.8. The number of carbonyl (C=O) groups is 1. The molecule has 0 radical (unpaired) electrons. The van der Waals surface area contributed by atoms with Crippen LogP contribution in [0.2, 0.25) is 0 Å². The molecule has 2 rings (SSSR count). The molecular weight excluding hydrogens is 312 g/mol. The molecule has 0 aliphatic carbocycles. The van der Waals surface area contributed by atoms with E-state index in [0.717, 1.165) is 18.2 Å². The van der Waals surface area contributed by atoms with Crippen molar-refractivity contribution in [3.05, 3.63) is 53.7 Å². The first-order valence-corrected chi connectivity index (χ1v) is 9.31. The molecule has 0 saturated carbocycles. The number of hydrogen-bond acceptors (Lipinski definition) is 4.